The Morgan fingerprint density at radius 3 is 2.42 bits per heavy atom. The van der Waals surface area contributed by atoms with E-state index in [-0.39, 0.29) is 17.1 Å². The van der Waals surface area contributed by atoms with E-state index in [1.807, 2.05) is 57.2 Å². The molecule has 0 spiro atoms. The summed E-state index contributed by atoms with van der Waals surface area (Å²) < 4.78 is 5.32. The van der Waals surface area contributed by atoms with Crippen molar-refractivity contribution >= 4 is 35.2 Å². The van der Waals surface area contributed by atoms with Gasteiger partial charge in [-0.1, -0.05) is 49.7 Å². The maximum absolute atomic E-state index is 13.5. The molecule has 0 saturated heterocycles. The van der Waals surface area contributed by atoms with Crippen LogP contribution in [-0.4, -0.2) is 45.8 Å². The molecule has 196 valence electrons. The van der Waals surface area contributed by atoms with Gasteiger partial charge in [-0.3, -0.25) is 14.5 Å². The van der Waals surface area contributed by atoms with E-state index in [9.17, 15) is 14.4 Å². The third-order valence-electron chi connectivity index (χ3n) is 5.85. The highest BCUT2D eigenvalue weighted by atomic mass is 32.2. The molecule has 8 nitrogen and oxygen atoms in total. The topological polar surface area (TPSA) is 101 Å². The molecule has 0 fully saturated rings. The van der Waals surface area contributed by atoms with E-state index >= 15 is 0 Å². The van der Waals surface area contributed by atoms with E-state index in [1.54, 1.807) is 24.3 Å². The Kier molecular flexibility index (Phi) is 8.91. The molecule has 0 atom stereocenters. The Hall–Kier alpha value is -3.98. The van der Waals surface area contributed by atoms with E-state index in [0.29, 0.717) is 29.4 Å². The van der Waals surface area contributed by atoms with Gasteiger partial charge in [0.05, 0.1) is 12.2 Å². The lowest BCUT2D eigenvalue weighted by Gasteiger charge is -2.15. The minimum atomic E-state index is -0.437. The number of nitrogens with zero attached hydrogens (tertiary/aromatic N) is 3. The summed E-state index contributed by atoms with van der Waals surface area (Å²) in [5.41, 5.74) is 3.54. The summed E-state index contributed by atoms with van der Waals surface area (Å²) in [5.74, 6) is -1.28. The van der Waals surface area contributed by atoms with Gasteiger partial charge in [0.1, 0.15) is 10.6 Å². The standard InChI is InChI=1S/C29H30N4O4S/c1-4-5-16-37-28(36)22-12-9-13-23(18-22)32-24-25(38-29-30-19(2)17-20(3)31-29)27(35)33(26(24)34)15-14-21-10-7-6-8-11-21/h6-13,17-18,32H,4-5,14-16H2,1-3H3. The van der Waals surface area contributed by atoms with Crippen LogP contribution in [0.15, 0.2) is 76.4 Å². The lowest BCUT2D eigenvalue weighted by molar-refractivity contribution is -0.137. The molecule has 0 unspecified atom stereocenters. The van der Waals surface area contributed by atoms with E-state index in [1.165, 1.54) is 4.90 Å². The number of aryl methyl sites for hydroxylation is 2. The third kappa shape index (κ3) is 6.66. The predicted molar refractivity (Wildman–Crippen MR) is 147 cm³/mol. The lowest BCUT2D eigenvalue weighted by Crippen LogP contribution is -2.34. The summed E-state index contributed by atoms with van der Waals surface area (Å²) in [6.45, 7) is 6.30. The zero-order valence-corrected chi connectivity index (χ0v) is 22.5. The molecule has 0 radical (unpaired) electrons. The molecule has 2 aromatic carbocycles. The monoisotopic (exact) mass is 530 g/mol. The van der Waals surface area contributed by atoms with Crippen LogP contribution >= 0.6 is 11.8 Å². The van der Waals surface area contributed by atoms with Crippen LogP contribution in [0, 0.1) is 13.8 Å². The summed E-state index contributed by atoms with van der Waals surface area (Å²) in [7, 11) is 0. The SMILES string of the molecule is CCCCOC(=O)c1cccc(NC2=C(Sc3nc(C)cc(C)n3)C(=O)N(CCc3ccccc3)C2=O)c1. The van der Waals surface area contributed by atoms with Crippen LogP contribution < -0.4 is 5.32 Å². The van der Waals surface area contributed by atoms with Crippen molar-refractivity contribution in [2.45, 2.75) is 45.2 Å². The Bertz CT molecular complexity index is 1350. The van der Waals surface area contributed by atoms with Gasteiger partial charge < -0.3 is 10.1 Å². The predicted octanol–water partition coefficient (Wildman–Crippen LogP) is 5.08. The van der Waals surface area contributed by atoms with E-state index in [2.05, 4.69) is 15.3 Å². The smallest absolute Gasteiger partial charge is 0.338 e. The number of hydrogen-bond donors (Lipinski definition) is 1. The van der Waals surface area contributed by atoms with Crippen LogP contribution in [0.3, 0.4) is 0 Å². The molecule has 2 heterocycles. The fourth-order valence-corrected chi connectivity index (χ4v) is 4.94. The molecule has 38 heavy (non-hydrogen) atoms. The third-order valence-corrected chi connectivity index (χ3v) is 6.79. The van der Waals surface area contributed by atoms with Gasteiger partial charge in [0.15, 0.2) is 5.16 Å². The molecular formula is C29H30N4O4S. The zero-order chi connectivity index (χ0) is 27.1. The number of nitrogens with one attached hydrogen (secondary N) is 1. The van der Waals surface area contributed by atoms with Gasteiger partial charge in [-0.15, -0.1) is 0 Å². The van der Waals surface area contributed by atoms with Crippen molar-refractivity contribution in [3.05, 3.63) is 93.8 Å². The van der Waals surface area contributed by atoms with Gasteiger partial charge in [0.2, 0.25) is 0 Å². The summed E-state index contributed by atoms with van der Waals surface area (Å²) in [4.78, 5) is 49.8. The van der Waals surface area contributed by atoms with Crippen molar-refractivity contribution in [3.63, 3.8) is 0 Å². The second-order valence-electron chi connectivity index (χ2n) is 8.93. The Morgan fingerprint density at radius 2 is 1.71 bits per heavy atom. The van der Waals surface area contributed by atoms with E-state index in [4.69, 9.17) is 4.74 Å². The number of esters is 1. The summed E-state index contributed by atoms with van der Waals surface area (Å²) in [5, 5.41) is 3.48. The molecular weight excluding hydrogens is 500 g/mol. The second-order valence-corrected chi connectivity index (χ2v) is 9.91. The van der Waals surface area contributed by atoms with Crippen LogP contribution in [0.2, 0.25) is 0 Å². The number of anilines is 1. The van der Waals surface area contributed by atoms with Crippen molar-refractivity contribution in [3.8, 4) is 0 Å². The van der Waals surface area contributed by atoms with Gasteiger partial charge in [-0.05, 0) is 68.3 Å². The average molecular weight is 531 g/mol. The number of carbonyl (C=O) groups excluding carboxylic acids is 3. The second kappa shape index (κ2) is 12.5. The van der Waals surface area contributed by atoms with Gasteiger partial charge in [-0.2, -0.15) is 0 Å². The average Bonchev–Trinajstić information content (AvgIpc) is 3.11. The van der Waals surface area contributed by atoms with Gasteiger partial charge in [0, 0.05) is 23.6 Å². The number of amides is 2. The highest BCUT2D eigenvalue weighted by Gasteiger charge is 2.39. The molecule has 0 saturated carbocycles. The van der Waals surface area contributed by atoms with Crippen molar-refractivity contribution in [1.82, 2.24) is 14.9 Å². The molecule has 2 amide bonds. The Labute approximate surface area is 226 Å². The first-order valence-corrected chi connectivity index (χ1v) is 13.4. The van der Waals surface area contributed by atoms with Crippen molar-refractivity contribution < 1.29 is 19.1 Å². The van der Waals surface area contributed by atoms with Crippen LogP contribution in [0.1, 0.15) is 47.1 Å². The summed E-state index contributed by atoms with van der Waals surface area (Å²) in [6, 6.07) is 18.2. The normalized spacial score (nSPS) is 13.3. The van der Waals surface area contributed by atoms with E-state index in [0.717, 1.165) is 41.6 Å². The Morgan fingerprint density at radius 1 is 0.974 bits per heavy atom. The number of aromatic nitrogens is 2. The van der Waals surface area contributed by atoms with Crippen LogP contribution in [-0.2, 0) is 20.7 Å². The molecule has 4 rings (SSSR count). The molecule has 1 aromatic heterocycles. The quantitative estimate of drug-likeness (QED) is 0.159. The molecule has 0 bridgehead atoms. The van der Waals surface area contributed by atoms with Crippen LogP contribution in [0.4, 0.5) is 5.69 Å². The molecule has 0 aliphatic carbocycles. The number of ether oxygens (including phenoxy) is 1. The van der Waals surface area contributed by atoms with Crippen molar-refractivity contribution in [1.29, 1.82) is 0 Å². The number of carbonyl (C=O) groups is 3. The van der Waals surface area contributed by atoms with Gasteiger partial charge >= 0.3 is 5.97 Å². The fraction of sp³-hybridized carbons (Fsp3) is 0.276. The number of thioether (sulfide) groups is 1. The Balaban J connectivity index is 1.61. The molecule has 1 aliphatic heterocycles. The maximum Gasteiger partial charge on any atom is 0.338 e. The number of imide groups is 1. The molecule has 1 N–H and O–H groups in total. The highest BCUT2D eigenvalue weighted by Crippen LogP contribution is 2.34. The number of benzene rings is 2. The first kappa shape index (κ1) is 27.1. The van der Waals surface area contributed by atoms with Gasteiger partial charge in [-0.25, -0.2) is 14.8 Å². The number of unbranched alkanes of at least 4 members (excludes halogenated alkanes) is 1. The van der Waals surface area contributed by atoms with Crippen molar-refractivity contribution in [2.75, 3.05) is 18.5 Å². The summed E-state index contributed by atoms with van der Waals surface area (Å²) >= 11 is 1.06. The first-order valence-electron chi connectivity index (χ1n) is 12.5. The fourth-order valence-electron chi connectivity index (χ4n) is 3.94. The van der Waals surface area contributed by atoms with Crippen LogP contribution in [0.25, 0.3) is 0 Å². The number of rotatable bonds is 11. The molecule has 1 aliphatic rings. The van der Waals surface area contributed by atoms with Crippen molar-refractivity contribution in [2.24, 2.45) is 0 Å². The van der Waals surface area contributed by atoms with Crippen LogP contribution in [0.5, 0.6) is 0 Å². The number of hydrogen-bond acceptors (Lipinski definition) is 8. The largest absolute Gasteiger partial charge is 0.462 e. The highest BCUT2D eigenvalue weighted by molar-refractivity contribution is 8.04. The van der Waals surface area contributed by atoms with E-state index < -0.39 is 17.8 Å². The molecule has 3 aromatic rings. The summed E-state index contributed by atoms with van der Waals surface area (Å²) in [6.07, 6.45) is 2.24. The minimum Gasteiger partial charge on any atom is -0.462 e. The minimum absolute atomic E-state index is 0.132. The zero-order valence-electron chi connectivity index (χ0n) is 21.7. The molecule has 9 heteroatoms. The lowest BCUT2D eigenvalue weighted by atomic mass is 10.1. The van der Waals surface area contributed by atoms with Gasteiger partial charge in [0.25, 0.3) is 11.8 Å². The maximum atomic E-state index is 13.5. The first-order chi connectivity index (χ1) is 18.4.